The van der Waals surface area contributed by atoms with Gasteiger partial charge in [-0.15, -0.1) is 0 Å². The van der Waals surface area contributed by atoms with Gasteiger partial charge in [-0.25, -0.2) is 0 Å². The molecule has 1 aliphatic rings. The zero-order chi connectivity index (χ0) is 18.4. The van der Waals surface area contributed by atoms with Gasteiger partial charge in [-0.05, 0) is 69.2 Å². The molecule has 0 aliphatic carbocycles. The van der Waals surface area contributed by atoms with Crippen molar-refractivity contribution in [3.63, 3.8) is 0 Å². The first kappa shape index (κ1) is 18.5. The van der Waals surface area contributed by atoms with Crippen molar-refractivity contribution in [3.05, 3.63) is 65.5 Å². The highest BCUT2D eigenvalue weighted by molar-refractivity contribution is 5.92. The Morgan fingerprint density at radius 1 is 1.19 bits per heavy atom. The van der Waals surface area contributed by atoms with Crippen LogP contribution in [-0.4, -0.2) is 46.9 Å². The molecule has 1 aromatic carbocycles. The number of hydrogen-bond acceptors (Lipinski definition) is 4. The molecular formula is C21H28N4O. The van der Waals surface area contributed by atoms with Crippen LogP contribution in [0.5, 0.6) is 0 Å². The SMILES string of the molecule is CN(Cc1ccccn1)[C@@H]1CCCN(Cc2ccc(C(N)=O)cc2)CC1. The number of hydrogen-bond donors (Lipinski definition) is 1. The number of pyridine rings is 1. The van der Waals surface area contributed by atoms with Gasteiger partial charge in [0.2, 0.25) is 5.91 Å². The number of carbonyl (C=O) groups excluding carboxylic acids is 1. The quantitative estimate of drug-likeness (QED) is 0.868. The van der Waals surface area contributed by atoms with Crippen molar-refractivity contribution in [2.24, 2.45) is 5.73 Å². The number of primary amides is 1. The predicted octanol–water partition coefficient (Wildman–Crippen LogP) is 2.67. The maximum atomic E-state index is 11.2. The van der Waals surface area contributed by atoms with E-state index in [4.69, 9.17) is 5.73 Å². The normalized spacial score (nSPS) is 18.6. The van der Waals surface area contributed by atoms with E-state index in [-0.39, 0.29) is 5.91 Å². The fourth-order valence-electron chi connectivity index (χ4n) is 3.65. The first-order valence-corrected chi connectivity index (χ1v) is 9.33. The molecule has 0 radical (unpaired) electrons. The molecule has 26 heavy (non-hydrogen) atoms. The molecule has 1 atom stereocenters. The van der Waals surface area contributed by atoms with Crippen LogP contribution < -0.4 is 5.73 Å². The van der Waals surface area contributed by atoms with Crippen LogP contribution in [0.15, 0.2) is 48.7 Å². The zero-order valence-electron chi connectivity index (χ0n) is 15.5. The Labute approximate surface area is 155 Å². The molecule has 138 valence electrons. The molecule has 1 fully saturated rings. The highest BCUT2D eigenvalue weighted by Crippen LogP contribution is 2.19. The first-order chi connectivity index (χ1) is 12.6. The van der Waals surface area contributed by atoms with E-state index in [0.29, 0.717) is 11.6 Å². The molecule has 5 heteroatoms. The molecule has 0 bridgehead atoms. The number of nitrogens with zero attached hydrogens (tertiary/aromatic N) is 3. The average molecular weight is 352 g/mol. The van der Waals surface area contributed by atoms with Crippen molar-refractivity contribution < 1.29 is 4.79 Å². The van der Waals surface area contributed by atoms with Gasteiger partial charge in [0.05, 0.1) is 5.69 Å². The summed E-state index contributed by atoms with van der Waals surface area (Å²) >= 11 is 0. The van der Waals surface area contributed by atoms with Gasteiger partial charge in [-0.3, -0.25) is 19.6 Å². The maximum Gasteiger partial charge on any atom is 0.248 e. The third-order valence-corrected chi connectivity index (χ3v) is 5.20. The summed E-state index contributed by atoms with van der Waals surface area (Å²) in [5.74, 6) is -0.370. The Morgan fingerprint density at radius 3 is 2.69 bits per heavy atom. The van der Waals surface area contributed by atoms with Crippen molar-refractivity contribution in [1.82, 2.24) is 14.8 Å². The molecule has 0 unspecified atom stereocenters. The van der Waals surface area contributed by atoms with Gasteiger partial charge < -0.3 is 5.73 Å². The standard InChI is InChI=1S/C21H28N4O/c1-24(16-19-5-2-3-12-23-19)20-6-4-13-25(14-11-20)15-17-7-9-18(10-8-17)21(22)26/h2-3,5,7-10,12,20H,4,6,11,13-16H2,1H3,(H2,22,26)/t20-/m1/s1. The minimum atomic E-state index is -0.370. The lowest BCUT2D eigenvalue weighted by Gasteiger charge is -2.27. The van der Waals surface area contributed by atoms with Crippen LogP contribution in [0.2, 0.25) is 0 Å². The van der Waals surface area contributed by atoms with Crippen molar-refractivity contribution in [3.8, 4) is 0 Å². The molecule has 0 saturated carbocycles. The molecule has 2 heterocycles. The van der Waals surface area contributed by atoms with Gasteiger partial charge in [0.1, 0.15) is 0 Å². The van der Waals surface area contributed by atoms with Gasteiger partial charge in [-0.2, -0.15) is 0 Å². The molecule has 1 amide bonds. The number of amides is 1. The Kier molecular flexibility index (Phi) is 6.36. The second-order valence-corrected chi connectivity index (χ2v) is 7.16. The second kappa shape index (κ2) is 8.92. The molecule has 0 spiro atoms. The summed E-state index contributed by atoms with van der Waals surface area (Å²) in [5.41, 5.74) is 8.24. The van der Waals surface area contributed by atoms with Crippen LogP contribution in [0.1, 0.15) is 40.9 Å². The van der Waals surface area contributed by atoms with E-state index in [0.717, 1.165) is 31.9 Å². The first-order valence-electron chi connectivity index (χ1n) is 9.33. The third kappa shape index (κ3) is 5.13. The Morgan fingerprint density at radius 2 is 2.00 bits per heavy atom. The highest BCUT2D eigenvalue weighted by Gasteiger charge is 2.20. The molecule has 1 saturated heterocycles. The van der Waals surface area contributed by atoms with Crippen LogP contribution in [0, 0.1) is 0 Å². The number of likely N-dealkylation sites (tertiary alicyclic amines) is 1. The lowest BCUT2D eigenvalue weighted by Crippen LogP contribution is -2.32. The fourth-order valence-corrected chi connectivity index (χ4v) is 3.65. The lowest BCUT2D eigenvalue weighted by atomic mass is 10.1. The Hall–Kier alpha value is -2.24. The number of aromatic nitrogens is 1. The second-order valence-electron chi connectivity index (χ2n) is 7.16. The van der Waals surface area contributed by atoms with E-state index >= 15 is 0 Å². The number of nitrogens with two attached hydrogens (primary N) is 1. The topological polar surface area (TPSA) is 62.5 Å². The molecule has 2 aromatic rings. The number of carbonyl (C=O) groups is 1. The van der Waals surface area contributed by atoms with E-state index in [9.17, 15) is 4.79 Å². The van der Waals surface area contributed by atoms with Gasteiger partial charge >= 0.3 is 0 Å². The maximum absolute atomic E-state index is 11.2. The molecule has 2 N–H and O–H groups in total. The van der Waals surface area contributed by atoms with Crippen LogP contribution in [0.4, 0.5) is 0 Å². The third-order valence-electron chi connectivity index (χ3n) is 5.20. The summed E-state index contributed by atoms with van der Waals surface area (Å²) in [5, 5.41) is 0. The summed E-state index contributed by atoms with van der Waals surface area (Å²) in [6.45, 7) is 4.04. The summed E-state index contributed by atoms with van der Waals surface area (Å²) in [7, 11) is 2.21. The number of benzene rings is 1. The highest BCUT2D eigenvalue weighted by atomic mass is 16.1. The van der Waals surface area contributed by atoms with E-state index in [2.05, 4.69) is 34.0 Å². The van der Waals surface area contributed by atoms with Crippen LogP contribution in [-0.2, 0) is 13.1 Å². The van der Waals surface area contributed by atoms with Crippen LogP contribution in [0.3, 0.4) is 0 Å². The summed E-state index contributed by atoms with van der Waals surface area (Å²) in [6.07, 6.45) is 5.46. The molecular weight excluding hydrogens is 324 g/mol. The van der Waals surface area contributed by atoms with Crippen LogP contribution >= 0.6 is 0 Å². The minimum absolute atomic E-state index is 0.370. The zero-order valence-corrected chi connectivity index (χ0v) is 15.5. The van der Waals surface area contributed by atoms with Crippen molar-refractivity contribution in [1.29, 1.82) is 0 Å². The lowest BCUT2D eigenvalue weighted by molar-refractivity contribution is 0.100. The van der Waals surface area contributed by atoms with E-state index in [1.54, 1.807) is 0 Å². The van der Waals surface area contributed by atoms with Gasteiger partial charge in [0, 0.05) is 30.9 Å². The molecule has 1 aromatic heterocycles. The van der Waals surface area contributed by atoms with Crippen molar-refractivity contribution >= 4 is 5.91 Å². The van der Waals surface area contributed by atoms with Gasteiger partial charge in [-0.1, -0.05) is 18.2 Å². The largest absolute Gasteiger partial charge is 0.366 e. The average Bonchev–Trinajstić information content (AvgIpc) is 2.89. The van der Waals surface area contributed by atoms with E-state index in [1.807, 2.05) is 36.5 Å². The van der Waals surface area contributed by atoms with E-state index < -0.39 is 0 Å². The summed E-state index contributed by atoms with van der Waals surface area (Å²) in [4.78, 5) is 20.6. The summed E-state index contributed by atoms with van der Waals surface area (Å²) < 4.78 is 0. The predicted molar refractivity (Wildman–Crippen MR) is 104 cm³/mol. The fraction of sp³-hybridized carbons (Fsp3) is 0.429. The van der Waals surface area contributed by atoms with Crippen molar-refractivity contribution in [2.45, 2.75) is 38.4 Å². The molecule has 5 nitrogen and oxygen atoms in total. The molecule has 1 aliphatic heterocycles. The monoisotopic (exact) mass is 352 g/mol. The van der Waals surface area contributed by atoms with Gasteiger partial charge in [0.25, 0.3) is 0 Å². The minimum Gasteiger partial charge on any atom is -0.366 e. The molecule has 3 rings (SSSR count). The van der Waals surface area contributed by atoms with E-state index in [1.165, 1.54) is 24.8 Å². The van der Waals surface area contributed by atoms with Crippen LogP contribution in [0.25, 0.3) is 0 Å². The Bertz CT molecular complexity index is 702. The Balaban J connectivity index is 1.52. The van der Waals surface area contributed by atoms with Gasteiger partial charge in [0.15, 0.2) is 0 Å². The van der Waals surface area contributed by atoms with Crippen molar-refractivity contribution in [2.75, 3.05) is 20.1 Å². The summed E-state index contributed by atoms with van der Waals surface area (Å²) in [6, 6.07) is 14.4. The number of rotatable bonds is 6. The smallest absolute Gasteiger partial charge is 0.248 e.